The Morgan fingerprint density at radius 1 is 1.12 bits per heavy atom. The van der Waals surface area contributed by atoms with Gasteiger partial charge in [0.15, 0.2) is 0 Å². The van der Waals surface area contributed by atoms with Crippen LogP contribution in [-0.2, 0) is 19.1 Å². The fourth-order valence-corrected chi connectivity index (χ4v) is 1.95. The number of alkyl carbamates (subject to hydrolysis) is 1. The van der Waals surface area contributed by atoms with Crippen LogP contribution in [0.1, 0.15) is 27.7 Å². The Morgan fingerprint density at radius 2 is 1.67 bits per heavy atom. The minimum absolute atomic E-state index is 0.476. The maximum Gasteiger partial charge on any atom is 0.441 e. The van der Waals surface area contributed by atoms with Crippen molar-refractivity contribution >= 4 is 29.7 Å². The van der Waals surface area contributed by atoms with Crippen molar-refractivity contribution in [3.05, 3.63) is 0 Å². The largest absolute Gasteiger partial charge is 0.467 e. The summed E-state index contributed by atoms with van der Waals surface area (Å²) in [6, 6.07) is -2.63. The maximum absolute atomic E-state index is 12.3. The number of ether oxygens (including phenoxy) is 2. The molecule has 24 heavy (non-hydrogen) atoms. The fourth-order valence-electron chi connectivity index (χ4n) is 1.36. The van der Waals surface area contributed by atoms with E-state index in [0.29, 0.717) is 0 Å². The summed E-state index contributed by atoms with van der Waals surface area (Å²) in [4.78, 5) is 35.0. The lowest BCUT2D eigenvalue weighted by atomic mass is 10.2. The molecule has 0 aromatic carbocycles. The molecule has 0 aromatic heterocycles. The van der Waals surface area contributed by atoms with E-state index in [2.05, 4.69) is 15.4 Å². The number of nitrogens with one attached hydrogen (secondary N) is 2. The number of carbonyl (C=O) groups excluding carboxylic acids is 3. The molecule has 2 atom stereocenters. The molecule has 2 amide bonds. The summed E-state index contributed by atoms with van der Waals surface area (Å²) < 4.78 is 46.4. The molecule has 0 aliphatic rings. The van der Waals surface area contributed by atoms with Crippen molar-refractivity contribution in [1.29, 1.82) is 0 Å². The van der Waals surface area contributed by atoms with Gasteiger partial charge in [-0.3, -0.25) is 4.79 Å². The van der Waals surface area contributed by atoms with Gasteiger partial charge in [0.25, 0.3) is 0 Å². The number of amides is 2. The molecular weight excluding hydrogens is 353 g/mol. The summed E-state index contributed by atoms with van der Waals surface area (Å²) in [5.74, 6) is -2.51. The van der Waals surface area contributed by atoms with Crippen LogP contribution in [0.15, 0.2) is 0 Å². The number of carbonyl (C=O) groups is 3. The molecule has 0 aliphatic heterocycles. The van der Waals surface area contributed by atoms with Crippen molar-refractivity contribution in [2.45, 2.75) is 50.9 Å². The van der Waals surface area contributed by atoms with Gasteiger partial charge in [0.05, 0.1) is 7.11 Å². The van der Waals surface area contributed by atoms with Crippen molar-refractivity contribution in [1.82, 2.24) is 10.6 Å². The highest BCUT2D eigenvalue weighted by atomic mass is 32.2. The predicted molar refractivity (Wildman–Crippen MR) is 81.3 cm³/mol. The first-order valence-electron chi connectivity index (χ1n) is 6.83. The van der Waals surface area contributed by atoms with Crippen LogP contribution >= 0.6 is 11.8 Å². The maximum atomic E-state index is 12.3. The van der Waals surface area contributed by atoms with Crippen LogP contribution in [0.4, 0.5) is 18.0 Å². The van der Waals surface area contributed by atoms with E-state index in [4.69, 9.17) is 4.74 Å². The van der Waals surface area contributed by atoms with Gasteiger partial charge in [-0.25, -0.2) is 9.59 Å². The third-order valence-corrected chi connectivity index (χ3v) is 3.16. The Kier molecular flexibility index (Phi) is 8.38. The van der Waals surface area contributed by atoms with Crippen LogP contribution in [0.25, 0.3) is 0 Å². The van der Waals surface area contributed by atoms with Gasteiger partial charge >= 0.3 is 17.6 Å². The highest BCUT2D eigenvalue weighted by Gasteiger charge is 2.33. The Labute approximate surface area is 142 Å². The first-order valence-corrected chi connectivity index (χ1v) is 7.82. The van der Waals surface area contributed by atoms with E-state index in [1.165, 1.54) is 6.92 Å². The van der Waals surface area contributed by atoms with Gasteiger partial charge < -0.3 is 20.1 Å². The number of halogens is 3. The Balaban J connectivity index is 4.94. The second kappa shape index (κ2) is 9.00. The minimum Gasteiger partial charge on any atom is -0.467 e. The Bertz CT molecular complexity index is 466. The van der Waals surface area contributed by atoms with E-state index in [-0.39, 0.29) is 0 Å². The lowest BCUT2D eigenvalue weighted by molar-refractivity contribution is -0.144. The predicted octanol–water partition coefficient (Wildman–Crippen LogP) is 1.81. The van der Waals surface area contributed by atoms with E-state index < -0.39 is 58.7 Å². The number of thioether (sulfide) groups is 1. The van der Waals surface area contributed by atoms with E-state index in [1.807, 2.05) is 0 Å². The number of alkyl halides is 3. The second-order valence-electron chi connectivity index (χ2n) is 5.71. The number of esters is 1. The van der Waals surface area contributed by atoms with Crippen LogP contribution in [0.2, 0.25) is 0 Å². The van der Waals surface area contributed by atoms with Crippen molar-refractivity contribution < 1.29 is 37.0 Å². The molecule has 7 nitrogen and oxygen atoms in total. The van der Waals surface area contributed by atoms with Gasteiger partial charge in [0, 0.05) is 5.75 Å². The van der Waals surface area contributed by atoms with Crippen LogP contribution < -0.4 is 10.6 Å². The SMILES string of the molecule is COC(=O)[C@H](C)NC(=O)[C@H](CSC(F)(F)F)NC(=O)OC(C)(C)C. The van der Waals surface area contributed by atoms with Gasteiger partial charge in [0.2, 0.25) is 5.91 Å². The van der Waals surface area contributed by atoms with Crippen LogP contribution in [0.5, 0.6) is 0 Å². The Morgan fingerprint density at radius 3 is 2.08 bits per heavy atom. The van der Waals surface area contributed by atoms with Crippen molar-refractivity contribution in [3.8, 4) is 0 Å². The minimum atomic E-state index is -4.58. The second-order valence-corrected chi connectivity index (χ2v) is 6.79. The molecule has 0 heterocycles. The lowest BCUT2D eigenvalue weighted by Gasteiger charge is -2.24. The molecule has 11 heteroatoms. The number of hydrogen-bond donors (Lipinski definition) is 2. The normalized spacial score (nSPS) is 14.3. The number of hydrogen-bond acceptors (Lipinski definition) is 6. The van der Waals surface area contributed by atoms with E-state index in [0.717, 1.165) is 7.11 Å². The molecule has 0 aromatic rings. The van der Waals surface area contributed by atoms with Gasteiger partial charge in [-0.05, 0) is 39.5 Å². The third kappa shape index (κ3) is 10.2. The first-order chi connectivity index (χ1) is 10.7. The van der Waals surface area contributed by atoms with Crippen LogP contribution in [0.3, 0.4) is 0 Å². The van der Waals surface area contributed by atoms with Crippen molar-refractivity contribution in [3.63, 3.8) is 0 Å². The highest BCUT2D eigenvalue weighted by molar-refractivity contribution is 8.00. The topological polar surface area (TPSA) is 93.7 Å². The molecule has 0 saturated heterocycles. The monoisotopic (exact) mass is 374 g/mol. The van der Waals surface area contributed by atoms with E-state index in [1.54, 1.807) is 20.8 Å². The molecule has 0 bridgehead atoms. The Hall–Kier alpha value is -1.65. The average molecular weight is 374 g/mol. The van der Waals surface area contributed by atoms with Crippen LogP contribution in [-0.4, -0.2) is 54.0 Å². The standard InChI is InChI=1S/C13H21F3N2O5S/c1-7(10(20)22-5)17-9(19)8(6-24-13(14,15)16)18-11(21)23-12(2,3)4/h7-8H,6H2,1-5H3,(H,17,19)(H,18,21)/t7-,8-/m0/s1. The number of rotatable bonds is 6. The van der Waals surface area contributed by atoms with Gasteiger partial charge in [-0.2, -0.15) is 13.2 Å². The molecule has 0 unspecified atom stereocenters. The van der Waals surface area contributed by atoms with Gasteiger partial charge in [0.1, 0.15) is 17.7 Å². The molecule has 0 spiro atoms. The molecule has 2 N–H and O–H groups in total. The fraction of sp³-hybridized carbons (Fsp3) is 0.769. The first kappa shape index (κ1) is 22.4. The summed E-state index contributed by atoms with van der Waals surface area (Å²) >= 11 is -0.476. The zero-order valence-corrected chi connectivity index (χ0v) is 14.8. The van der Waals surface area contributed by atoms with Gasteiger partial charge in [-0.1, -0.05) is 0 Å². The van der Waals surface area contributed by atoms with Crippen molar-refractivity contribution in [2.24, 2.45) is 0 Å². The quantitative estimate of drug-likeness (QED) is 0.689. The zero-order chi connectivity index (χ0) is 19.1. The van der Waals surface area contributed by atoms with Crippen LogP contribution in [0, 0.1) is 0 Å². The summed E-state index contributed by atoms with van der Waals surface area (Å²) in [6.45, 7) is 5.98. The zero-order valence-electron chi connectivity index (χ0n) is 13.9. The molecule has 0 aliphatic carbocycles. The molecule has 0 rings (SSSR count). The molecule has 0 fully saturated rings. The molecule has 0 radical (unpaired) electrons. The summed E-state index contributed by atoms with van der Waals surface area (Å²) in [5.41, 5.74) is -5.47. The van der Waals surface area contributed by atoms with E-state index in [9.17, 15) is 27.6 Å². The summed E-state index contributed by atoms with van der Waals surface area (Å²) in [7, 11) is 1.10. The summed E-state index contributed by atoms with van der Waals surface area (Å²) in [5, 5.41) is 4.23. The smallest absolute Gasteiger partial charge is 0.441 e. The van der Waals surface area contributed by atoms with Crippen molar-refractivity contribution in [2.75, 3.05) is 12.9 Å². The molecule has 0 saturated carbocycles. The highest BCUT2D eigenvalue weighted by Crippen LogP contribution is 2.30. The van der Waals surface area contributed by atoms with Gasteiger partial charge in [-0.15, -0.1) is 0 Å². The third-order valence-electron chi connectivity index (χ3n) is 2.33. The molecular formula is C13H21F3N2O5S. The average Bonchev–Trinajstić information content (AvgIpc) is 2.39. The number of methoxy groups -OCH3 is 1. The summed E-state index contributed by atoms with van der Waals surface area (Å²) in [6.07, 6.45) is -1.05. The lowest BCUT2D eigenvalue weighted by Crippen LogP contribution is -2.53. The van der Waals surface area contributed by atoms with E-state index >= 15 is 0 Å². The molecule has 140 valence electrons.